The normalized spacial score (nSPS) is 11.2. The van der Waals surface area contributed by atoms with Crippen LogP contribution in [-0.2, 0) is 20.7 Å². The summed E-state index contributed by atoms with van der Waals surface area (Å²) in [5, 5.41) is 2.79. The van der Waals surface area contributed by atoms with Crippen molar-refractivity contribution < 1.29 is 33.3 Å². The Balaban J connectivity index is 1.92. The van der Waals surface area contributed by atoms with E-state index in [2.05, 4.69) is 5.32 Å². The minimum atomic E-state index is -0.541. The molecule has 0 aliphatic rings. The number of amides is 1. The molecule has 2 rings (SSSR count). The minimum absolute atomic E-state index is 0.0281. The molecule has 30 heavy (non-hydrogen) atoms. The van der Waals surface area contributed by atoms with Crippen LogP contribution in [0.5, 0.6) is 23.0 Å². The van der Waals surface area contributed by atoms with Crippen LogP contribution in [0.15, 0.2) is 36.4 Å². The van der Waals surface area contributed by atoms with Crippen LogP contribution in [0.4, 0.5) is 0 Å². The predicted octanol–water partition coefficient (Wildman–Crippen LogP) is 2.68. The summed E-state index contributed by atoms with van der Waals surface area (Å²) < 4.78 is 26.1. The summed E-state index contributed by atoms with van der Waals surface area (Å²) >= 11 is 0. The van der Waals surface area contributed by atoms with Gasteiger partial charge in [0.25, 0.3) is 5.91 Å². The molecular formula is C22H27NO7. The zero-order chi connectivity index (χ0) is 22.1. The number of esters is 1. The van der Waals surface area contributed by atoms with E-state index in [1.165, 1.54) is 7.11 Å². The van der Waals surface area contributed by atoms with E-state index in [-0.39, 0.29) is 12.5 Å². The first-order valence-electron chi connectivity index (χ1n) is 9.29. The van der Waals surface area contributed by atoms with Gasteiger partial charge in [0.1, 0.15) is 23.0 Å². The van der Waals surface area contributed by atoms with Gasteiger partial charge >= 0.3 is 5.97 Å². The summed E-state index contributed by atoms with van der Waals surface area (Å²) in [4.78, 5) is 24.4. The first kappa shape index (κ1) is 22.9. The molecule has 162 valence electrons. The molecule has 1 unspecified atom stereocenters. The monoisotopic (exact) mass is 417 g/mol. The molecule has 2 aromatic carbocycles. The summed E-state index contributed by atoms with van der Waals surface area (Å²) in [6.07, 6.45) is -0.0281. The number of hydrogen-bond donors (Lipinski definition) is 1. The maximum absolute atomic E-state index is 12.2. The average molecular weight is 417 g/mol. The molecule has 0 heterocycles. The Hall–Kier alpha value is -3.42. The van der Waals surface area contributed by atoms with Gasteiger partial charge in [0.15, 0.2) is 6.61 Å². The zero-order valence-corrected chi connectivity index (χ0v) is 17.8. The van der Waals surface area contributed by atoms with Crippen LogP contribution in [-0.4, -0.2) is 46.9 Å². The number of benzene rings is 2. The average Bonchev–Trinajstić information content (AvgIpc) is 2.77. The molecule has 0 saturated carbocycles. The third-order valence-corrected chi connectivity index (χ3v) is 4.47. The predicted molar refractivity (Wildman–Crippen MR) is 110 cm³/mol. The molecule has 8 nitrogen and oxygen atoms in total. The Morgan fingerprint density at radius 2 is 1.50 bits per heavy atom. The SMILES string of the molecule is COc1ccc(CC(=O)OCC(=O)NC(C)c2cc(OC)ccc2OC)c(OC)c1. The molecule has 0 saturated heterocycles. The molecule has 0 aromatic heterocycles. The molecule has 1 N–H and O–H groups in total. The molecule has 0 aliphatic carbocycles. The van der Waals surface area contributed by atoms with E-state index in [1.807, 2.05) is 0 Å². The van der Waals surface area contributed by atoms with Crippen LogP contribution in [0.2, 0.25) is 0 Å². The molecule has 0 fully saturated rings. The van der Waals surface area contributed by atoms with Crippen LogP contribution >= 0.6 is 0 Å². The number of carbonyl (C=O) groups excluding carboxylic acids is 2. The second-order valence-electron chi connectivity index (χ2n) is 6.41. The highest BCUT2D eigenvalue weighted by Gasteiger charge is 2.17. The molecule has 0 bridgehead atoms. The van der Waals surface area contributed by atoms with Crippen LogP contribution in [0, 0.1) is 0 Å². The fourth-order valence-corrected chi connectivity index (χ4v) is 2.89. The second-order valence-corrected chi connectivity index (χ2v) is 6.41. The number of methoxy groups -OCH3 is 4. The van der Waals surface area contributed by atoms with Crippen LogP contribution < -0.4 is 24.3 Å². The molecule has 0 spiro atoms. The van der Waals surface area contributed by atoms with Gasteiger partial charge in [-0.3, -0.25) is 9.59 Å². The van der Waals surface area contributed by atoms with Crippen LogP contribution in [0.25, 0.3) is 0 Å². The van der Waals surface area contributed by atoms with Gasteiger partial charge in [0.2, 0.25) is 0 Å². The first-order chi connectivity index (χ1) is 14.4. The minimum Gasteiger partial charge on any atom is -0.497 e. The van der Waals surface area contributed by atoms with E-state index in [1.54, 1.807) is 64.7 Å². The summed E-state index contributed by atoms with van der Waals surface area (Å²) in [5.41, 5.74) is 1.39. The third-order valence-electron chi connectivity index (χ3n) is 4.47. The van der Waals surface area contributed by atoms with Crippen molar-refractivity contribution in [1.82, 2.24) is 5.32 Å². The molecule has 0 radical (unpaired) electrons. The van der Waals surface area contributed by atoms with Gasteiger partial charge in [-0.05, 0) is 31.2 Å². The molecule has 8 heteroatoms. The topological polar surface area (TPSA) is 92.3 Å². The maximum Gasteiger partial charge on any atom is 0.310 e. The summed E-state index contributed by atoms with van der Waals surface area (Å²) in [7, 11) is 6.16. The number of rotatable bonds is 10. The number of ether oxygens (including phenoxy) is 5. The standard InChI is InChI=1S/C22H27NO7/c1-14(18-11-16(26-2)8-9-19(18)28-4)23-21(24)13-30-22(25)10-15-6-7-17(27-3)12-20(15)29-5/h6-9,11-12,14H,10,13H2,1-5H3,(H,23,24). The van der Waals surface area contributed by atoms with E-state index in [9.17, 15) is 9.59 Å². The first-order valence-corrected chi connectivity index (χ1v) is 9.29. The highest BCUT2D eigenvalue weighted by atomic mass is 16.5. The Labute approximate surface area is 176 Å². The van der Waals surface area contributed by atoms with E-state index in [4.69, 9.17) is 23.7 Å². The summed E-state index contributed by atoms with van der Waals surface area (Å²) in [5.74, 6) is 1.42. The summed E-state index contributed by atoms with van der Waals surface area (Å²) in [6, 6.07) is 10.1. The van der Waals surface area contributed by atoms with Crippen molar-refractivity contribution in [3.63, 3.8) is 0 Å². The van der Waals surface area contributed by atoms with Crippen LogP contribution in [0.3, 0.4) is 0 Å². The Morgan fingerprint density at radius 3 is 2.13 bits per heavy atom. The fraction of sp³-hybridized carbons (Fsp3) is 0.364. The van der Waals surface area contributed by atoms with E-state index < -0.39 is 18.5 Å². The fourth-order valence-electron chi connectivity index (χ4n) is 2.89. The highest BCUT2D eigenvalue weighted by Crippen LogP contribution is 2.29. The Kier molecular flexibility index (Phi) is 8.34. The van der Waals surface area contributed by atoms with Gasteiger partial charge in [-0.15, -0.1) is 0 Å². The second kappa shape index (κ2) is 10.9. The third kappa shape index (κ3) is 6.04. The van der Waals surface area contributed by atoms with Gasteiger partial charge < -0.3 is 29.0 Å². The van der Waals surface area contributed by atoms with E-state index in [0.717, 1.165) is 5.56 Å². The summed E-state index contributed by atoms with van der Waals surface area (Å²) in [6.45, 7) is 1.41. The van der Waals surface area contributed by atoms with Gasteiger partial charge in [-0.25, -0.2) is 0 Å². The lowest BCUT2D eigenvalue weighted by Crippen LogP contribution is -2.31. The van der Waals surface area contributed by atoms with Crippen molar-refractivity contribution >= 4 is 11.9 Å². The van der Waals surface area contributed by atoms with Gasteiger partial charge in [-0.1, -0.05) is 6.07 Å². The van der Waals surface area contributed by atoms with Gasteiger partial charge in [0, 0.05) is 17.2 Å². The number of hydrogen-bond acceptors (Lipinski definition) is 7. The van der Waals surface area contributed by atoms with E-state index in [0.29, 0.717) is 28.6 Å². The molecule has 1 amide bonds. The van der Waals surface area contributed by atoms with Crippen molar-refractivity contribution in [2.45, 2.75) is 19.4 Å². The largest absolute Gasteiger partial charge is 0.497 e. The highest BCUT2D eigenvalue weighted by molar-refractivity contribution is 5.81. The van der Waals surface area contributed by atoms with Crippen molar-refractivity contribution in [2.75, 3.05) is 35.0 Å². The van der Waals surface area contributed by atoms with Crippen LogP contribution in [0.1, 0.15) is 24.1 Å². The van der Waals surface area contributed by atoms with Crippen molar-refractivity contribution in [3.05, 3.63) is 47.5 Å². The molecule has 0 aliphatic heterocycles. The lowest BCUT2D eigenvalue weighted by atomic mass is 10.1. The zero-order valence-electron chi connectivity index (χ0n) is 17.8. The van der Waals surface area contributed by atoms with Crippen molar-refractivity contribution in [1.29, 1.82) is 0 Å². The Morgan fingerprint density at radius 1 is 0.867 bits per heavy atom. The van der Waals surface area contributed by atoms with E-state index >= 15 is 0 Å². The van der Waals surface area contributed by atoms with Gasteiger partial charge in [0.05, 0.1) is 40.9 Å². The number of nitrogens with one attached hydrogen (secondary N) is 1. The molecule has 1 atom stereocenters. The van der Waals surface area contributed by atoms with Crippen molar-refractivity contribution in [3.8, 4) is 23.0 Å². The maximum atomic E-state index is 12.2. The Bertz CT molecular complexity index is 882. The molecular weight excluding hydrogens is 390 g/mol. The van der Waals surface area contributed by atoms with Gasteiger partial charge in [-0.2, -0.15) is 0 Å². The molecule has 2 aromatic rings. The number of carbonyl (C=O) groups is 2. The lowest BCUT2D eigenvalue weighted by Gasteiger charge is -2.18. The smallest absolute Gasteiger partial charge is 0.310 e. The quantitative estimate of drug-likeness (QED) is 0.594. The lowest BCUT2D eigenvalue weighted by molar-refractivity contribution is -0.148. The van der Waals surface area contributed by atoms with Crippen molar-refractivity contribution in [2.24, 2.45) is 0 Å².